The van der Waals surface area contributed by atoms with Crippen LogP contribution in [0.4, 0.5) is 5.95 Å². The lowest BCUT2D eigenvalue weighted by molar-refractivity contribution is 0.170. The lowest BCUT2D eigenvalue weighted by Gasteiger charge is -2.46. The van der Waals surface area contributed by atoms with E-state index in [4.69, 9.17) is 23.2 Å². The third-order valence-electron chi connectivity index (χ3n) is 3.10. The fraction of sp³-hybridized carbons (Fsp3) is 0.750. The Morgan fingerprint density at radius 1 is 1.00 bits per heavy atom. The van der Waals surface area contributed by atoms with Crippen molar-refractivity contribution in [3.8, 4) is 0 Å². The van der Waals surface area contributed by atoms with Gasteiger partial charge in [-0.3, -0.25) is 0 Å². The summed E-state index contributed by atoms with van der Waals surface area (Å²) in [5, 5.41) is 7.14. The number of rotatable bonds is 2. The topological polar surface area (TPSA) is 62.7 Å². The van der Waals surface area contributed by atoms with Crippen LogP contribution in [0.3, 0.4) is 0 Å². The quantitative estimate of drug-likeness (QED) is 0.879. The number of hydrogen-bond acceptors (Lipinski definition) is 5. The van der Waals surface area contributed by atoms with E-state index in [2.05, 4.69) is 53.3 Å². The van der Waals surface area contributed by atoms with Gasteiger partial charge in [0.25, 0.3) is 0 Å². The highest BCUT2D eigenvalue weighted by molar-refractivity contribution is 6.31. The zero-order valence-corrected chi connectivity index (χ0v) is 13.1. The molecular weight excluding hydrogens is 285 g/mol. The summed E-state index contributed by atoms with van der Waals surface area (Å²) in [6.07, 6.45) is 1.94. The predicted octanol–water partition coefficient (Wildman–Crippen LogP) is 2.90. The lowest BCUT2D eigenvalue weighted by Crippen LogP contribution is -2.60. The average Bonchev–Trinajstić information content (AvgIpc) is 2.08. The van der Waals surface area contributed by atoms with Gasteiger partial charge in [-0.1, -0.05) is 0 Å². The highest BCUT2D eigenvalue weighted by Gasteiger charge is 2.37. The minimum absolute atomic E-state index is 0.0556. The molecule has 0 unspecified atom stereocenters. The van der Waals surface area contributed by atoms with E-state index in [1.807, 2.05) is 0 Å². The molecule has 1 aliphatic rings. The summed E-state index contributed by atoms with van der Waals surface area (Å²) < 4.78 is 0. The van der Waals surface area contributed by atoms with Crippen molar-refractivity contribution in [1.29, 1.82) is 0 Å². The molecule has 0 saturated carbocycles. The van der Waals surface area contributed by atoms with E-state index in [0.29, 0.717) is 5.95 Å². The summed E-state index contributed by atoms with van der Waals surface area (Å²) in [6, 6.07) is 0.265. The molecule has 1 fully saturated rings. The molecule has 0 aliphatic carbocycles. The molecule has 5 nitrogen and oxygen atoms in total. The van der Waals surface area contributed by atoms with Crippen LogP contribution in [0.25, 0.3) is 0 Å². The molecule has 2 rings (SSSR count). The van der Waals surface area contributed by atoms with E-state index >= 15 is 0 Å². The Morgan fingerprint density at radius 3 is 1.95 bits per heavy atom. The second-order valence-electron chi connectivity index (χ2n) is 6.34. The molecule has 0 radical (unpaired) electrons. The maximum Gasteiger partial charge on any atom is 0.228 e. The van der Waals surface area contributed by atoms with Crippen molar-refractivity contribution < 1.29 is 0 Å². The van der Waals surface area contributed by atoms with Crippen molar-refractivity contribution >= 4 is 29.2 Å². The van der Waals surface area contributed by atoms with E-state index < -0.39 is 0 Å². The lowest BCUT2D eigenvalue weighted by atomic mass is 9.80. The zero-order chi connectivity index (χ0) is 14.3. The molecule has 1 aromatic rings. The van der Waals surface area contributed by atoms with Gasteiger partial charge in [0, 0.05) is 17.1 Å². The first-order valence-corrected chi connectivity index (χ1v) is 7.04. The number of aromatic nitrogens is 3. The monoisotopic (exact) mass is 303 g/mol. The van der Waals surface area contributed by atoms with Crippen molar-refractivity contribution in [2.24, 2.45) is 0 Å². The van der Waals surface area contributed by atoms with Gasteiger partial charge in [-0.25, -0.2) is 0 Å². The van der Waals surface area contributed by atoms with E-state index in [0.717, 1.165) is 12.8 Å². The first-order chi connectivity index (χ1) is 8.65. The molecule has 0 spiro atoms. The third kappa shape index (κ3) is 4.16. The number of nitrogens with one attached hydrogen (secondary N) is 2. The Balaban J connectivity index is 2.14. The molecule has 2 heterocycles. The molecule has 0 amide bonds. The van der Waals surface area contributed by atoms with Gasteiger partial charge in [0.1, 0.15) is 0 Å². The van der Waals surface area contributed by atoms with Crippen LogP contribution in [-0.4, -0.2) is 32.1 Å². The molecule has 0 atom stereocenters. The molecule has 1 aliphatic heterocycles. The average molecular weight is 304 g/mol. The van der Waals surface area contributed by atoms with Crippen LogP contribution in [0.15, 0.2) is 0 Å². The SMILES string of the molecule is CC1(C)CC(Nc2nc(Cl)nc(Cl)n2)CC(C)(C)N1. The first-order valence-electron chi connectivity index (χ1n) is 6.28. The van der Waals surface area contributed by atoms with Gasteiger partial charge in [-0.15, -0.1) is 0 Å². The van der Waals surface area contributed by atoms with Crippen LogP contribution in [0.2, 0.25) is 10.6 Å². The minimum atomic E-state index is 0.0556. The summed E-state index contributed by atoms with van der Waals surface area (Å²) in [5.41, 5.74) is 0.111. The molecular formula is C12H19Cl2N5. The predicted molar refractivity (Wildman–Crippen MR) is 77.8 cm³/mol. The van der Waals surface area contributed by atoms with Gasteiger partial charge in [-0.05, 0) is 63.7 Å². The second-order valence-corrected chi connectivity index (χ2v) is 7.02. The van der Waals surface area contributed by atoms with Crippen molar-refractivity contribution in [3.05, 3.63) is 10.6 Å². The second kappa shape index (κ2) is 5.04. The Bertz CT molecular complexity index is 439. The standard InChI is InChI=1S/C12H19Cl2N5/c1-11(2)5-7(6-12(3,4)19-11)15-10-17-8(13)16-9(14)18-10/h7,19H,5-6H2,1-4H3,(H,15,16,17,18). The Hall–Kier alpha value is -0.650. The van der Waals surface area contributed by atoms with E-state index in [1.54, 1.807) is 0 Å². The molecule has 1 aromatic heterocycles. The van der Waals surface area contributed by atoms with Crippen molar-refractivity contribution in [2.45, 2.75) is 57.7 Å². The summed E-state index contributed by atoms with van der Waals surface area (Å²) >= 11 is 11.6. The molecule has 106 valence electrons. The van der Waals surface area contributed by atoms with E-state index in [9.17, 15) is 0 Å². The summed E-state index contributed by atoms with van der Waals surface area (Å²) in [6.45, 7) is 8.76. The number of anilines is 1. The van der Waals surface area contributed by atoms with Gasteiger partial charge in [0.05, 0.1) is 0 Å². The maximum absolute atomic E-state index is 5.78. The van der Waals surface area contributed by atoms with Crippen molar-refractivity contribution in [3.63, 3.8) is 0 Å². The van der Waals surface area contributed by atoms with Crippen LogP contribution in [0.1, 0.15) is 40.5 Å². The van der Waals surface area contributed by atoms with Crippen LogP contribution >= 0.6 is 23.2 Å². The summed E-state index contributed by atoms with van der Waals surface area (Å²) in [5.74, 6) is 0.434. The number of hydrogen-bond donors (Lipinski definition) is 2. The van der Waals surface area contributed by atoms with Crippen molar-refractivity contribution in [1.82, 2.24) is 20.3 Å². The third-order valence-corrected chi connectivity index (χ3v) is 3.44. The molecule has 0 aromatic carbocycles. The molecule has 1 saturated heterocycles. The number of nitrogens with zero attached hydrogens (tertiary/aromatic N) is 3. The normalized spacial score (nSPS) is 22.2. The Labute approximate surface area is 123 Å². The number of piperidine rings is 1. The smallest absolute Gasteiger partial charge is 0.228 e. The highest BCUT2D eigenvalue weighted by atomic mass is 35.5. The molecule has 2 N–H and O–H groups in total. The van der Waals surface area contributed by atoms with Crippen LogP contribution in [0.5, 0.6) is 0 Å². The summed E-state index contributed by atoms with van der Waals surface area (Å²) in [4.78, 5) is 11.8. The van der Waals surface area contributed by atoms with Gasteiger partial charge in [0.2, 0.25) is 16.5 Å². The maximum atomic E-state index is 5.78. The molecule has 7 heteroatoms. The minimum Gasteiger partial charge on any atom is -0.351 e. The van der Waals surface area contributed by atoms with Crippen LogP contribution in [0, 0.1) is 0 Å². The number of halogens is 2. The Morgan fingerprint density at radius 2 is 1.47 bits per heavy atom. The highest BCUT2D eigenvalue weighted by Crippen LogP contribution is 2.30. The van der Waals surface area contributed by atoms with E-state index in [-0.39, 0.29) is 27.7 Å². The van der Waals surface area contributed by atoms with Gasteiger partial charge in [0.15, 0.2) is 0 Å². The largest absolute Gasteiger partial charge is 0.351 e. The Kier molecular flexibility index (Phi) is 3.91. The van der Waals surface area contributed by atoms with Crippen LogP contribution in [-0.2, 0) is 0 Å². The zero-order valence-electron chi connectivity index (χ0n) is 11.6. The van der Waals surface area contributed by atoms with Gasteiger partial charge >= 0.3 is 0 Å². The van der Waals surface area contributed by atoms with Crippen molar-refractivity contribution in [2.75, 3.05) is 5.32 Å². The summed E-state index contributed by atoms with van der Waals surface area (Å²) in [7, 11) is 0. The van der Waals surface area contributed by atoms with Gasteiger partial charge < -0.3 is 10.6 Å². The fourth-order valence-corrected chi connectivity index (χ4v) is 3.36. The molecule has 0 bridgehead atoms. The van der Waals surface area contributed by atoms with E-state index in [1.165, 1.54) is 0 Å². The van der Waals surface area contributed by atoms with Crippen LogP contribution < -0.4 is 10.6 Å². The first kappa shape index (κ1) is 14.8. The van der Waals surface area contributed by atoms with Gasteiger partial charge in [-0.2, -0.15) is 15.0 Å². The fourth-order valence-electron chi connectivity index (χ4n) is 3.00. The molecule has 19 heavy (non-hydrogen) atoms.